The third-order valence-electron chi connectivity index (χ3n) is 3.09. The Labute approximate surface area is 143 Å². The molecule has 2 aromatic carbocycles. The first-order valence-corrected chi connectivity index (χ1v) is 7.84. The van der Waals surface area contributed by atoms with Gasteiger partial charge in [-0.2, -0.15) is 0 Å². The Morgan fingerprint density at radius 2 is 1.91 bits per heavy atom. The van der Waals surface area contributed by atoms with Crippen LogP contribution >= 0.6 is 22.6 Å². The van der Waals surface area contributed by atoms with Crippen LogP contribution in [0.2, 0.25) is 0 Å². The van der Waals surface area contributed by atoms with Crippen molar-refractivity contribution in [3.05, 3.63) is 57.2 Å². The molecule has 4 nitrogen and oxygen atoms in total. The number of anilines is 1. The average molecular weight is 409 g/mol. The van der Waals surface area contributed by atoms with Gasteiger partial charge in [0.05, 0.1) is 5.56 Å². The third-order valence-corrected chi connectivity index (χ3v) is 3.76. The van der Waals surface area contributed by atoms with E-state index in [1.165, 1.54) is 6.92 Å². The second-order valence-electron chi connectivity index (χ2n) is 4.85. The molecule has 0 radical (unpaired) electrons. The van der Waals surface area contributed by atoms with Gasteiger partial charge >= 0.3 is 0 Å². The van der Waals surface area contributed by atoms with Gasteiger partial charge in [-0.3, -0.25) is 9.59 Å². The number of aryl methyl sites for hydroxylation is 1. The molecule has 0 fully saturated rings. The van der Waals surface area contributed by atoms with Crippen molar-refractivity contribution in [1.29, 1.82) is 0 Å². The van der Waals surface area contributed by atoms with Gasteiger partial charge in [-0.25, -0.2) is 0 Å². The molecule has 0 aliphatic heterocycles. The van der Waals surface area contributed by atoms with Crippen LogP contribution in [0.25, 0.3) is 0 Å². The highest BCUT2D eigenvalue weighted by Crippen LogP contribution is 2.19. The molecule has 5 heteroatoms. The molecular formula is C17H16INO3. The van der Waals surface area contributed by atoms with Gasteiger partial charge in [-0.15, -0.1) is 0 Å². The van der Waals surface area contributed by atoms with E-state index in [-0.39, 0.29) is 18.3 Å². The molecule has 1 amide bonds. The number of para-hydroxylation sites is 1. The molecular weight excluding hydrogens is 393 g/mol. The van der Waals surface area contributed by atoms with Gasteiger partial charge in [-0.1, -0.05) is 12.1 Å². The molecule has 2 rings (SSSR count). The highest BCUT2D eigenvalue weighted by atomic mass is 127. The molecule has 0 aliphatic carbocycles. The van der Waals surface area contributed by atoms with Gasteiger partial charge in [0.15, 0.2) is 12.4 Å². The molecule has 0 bridgehead atoms. The molecule has 0 unspecified atom stereocenters. The number of hydrogen-bond donors (Lipinski definition) is 1. The maximum absolute atomic E-state index is 12.0. The molecule has 0 aliphatic rings. The Hall–Kier alpha value is -1.89. The van der Waals surface area contributed by atoms with Crippen LogP contribution < -0.4 is 10.1 Å². The number of rotatable bonds is 5. The topological polar surface area (TPSA) is 55.4 Å². The number of halogens is 1. The zero-order valence-electron chi connectivity index (χ0n) is 12.4. The summed E-state index contributed by atoms with van der Waals surface area (Å²) in [6.45, 7) is 3.26. The summed E-state index contributed by atoms with van der Waals surface area (Å²) in [5, 5.41) is 2.80. The lowest BCUT2D eigenvalue weighted by atomic mass is 10.1. The zero-order valence-corrected chi connectivity index (χ0v) is 14.5. The predicted molar refractivity (Wildman–Crippen MR) is 94.5 cm³/mol. The van der Waals surface area contributed by atoms with Crippen LogP contribution in [0.15, 0.2) is 42.5 Å². The molecule has 0 atom stereocenters. The zero-order chi connectivity index (χ0) is 16.1. The standard InChI is InChI=1S/C17H16INO3/c1-11-9-13(18)7-8-15(11)19-17(21)10-22-16-6-4-3-5-14(16)12(2)20/h3-9H,10H2,1-2H3,(H,19,21). The summed E-state index contributed by atoms with van der Waals surface area (Å²) in [5.74, 6) is 0.0663. The van der Waals surface area contributed by atoms with Crippen LogP contribution in [0.1, 0.15) is 22.8 Å². The first-order valence-electron chi connectivity index (χ1n) is 6.76. The number of hydrogen-bond acceptors (Lipinski definition) is 3. The van der Waals surface area contributed by atoms with Crippen molar-refractivity contribution in [2.24, 2.45) is 0 Å². The van der Waals surface area contributed by atoms with Crippen molar-refractivity contribution < 1.29 is 14.3 Å². The number of ketones is 1. The summed E-state index contributed by atoms with van der Waals surface area (Å²) in [7, 11) is 0. The quantitative estimate of drug-likeness (QED) is 0.604. The predicted octanol–water partition coefficient (Wildman–Crippen LogP) is 3.82. The lowest BCUT2D eigenvalue weighted by Crippen LogP contribution is -2.21. The fraction of sp³-hybridized carbons (Fsp3) is 0.176. The summed E-state index contributed by atoms with van der Waals surface area (Å²) in [4.78, 5) is 23.5. The molecule has 0 saturated heterocycles. The SMILES string of the molecule is CC(=O)c1ccccc1OCC(=O)Nc1ccc(I)cc1C. The lowest BCUT2D eigenvalue weighted by Gasteiger charge is -2.11. The smallest absolute Gasteiger partial charge is 0.262 e. The second kappa shape index (κ2) is 7.40. The Balaban J connectivity index is 2.00. The van der Waals surface area contributed by atoms with Gasteiger partial charge < -0.3 is 10.1 Å². The molecule has 22 heavy (non-hydrogen) atoms. The Bertz CT molecular complexity index is 713. The Kier molecular flexibility index (Phi) is 5.54. The molecule has 0 spiro atoms. The van der Waals surface area contributed by atoms with Crippen LogP contribution in [0.5, 0.6) is 5.75 Å². The molecule has 2 aromatic rings. The van der Waals surface area contributed by atoms with E-state index < -0.39 is 0 Å². The minimum absolute atomic E-state index is 0.0931. The van der Waals surface area contributed by atoms with Crippen LogP contribution in [0, 0.1) is 10.5 Å². The number of ether oxygens (including phenoxy) is 1. The Morgan fingerprint density at radius 3 is 2.59 bits per heavy atom. The molecule has 0 saturated carbocycles. The van der Waals surface area contributed by atoms with E-state index in [0.717, 1.165) is 14.8 Å². The van der Waals surface area contributed by atoms with Crippen molar-refractivity contribution in [1.82, 2.24) is 0 Å². The first kappa shape index (κ1) is 16.5. The monoisotopic (exact) mass is 409 g/mol. The average Bonchev–Trinajstić information content (AvgIpc) is 2.48. The van der Waals surface area contributed by atoms with Crippen molar-refractivity contribution in [3.63, 3.8) is 0 Å². The highest BCUT2D eigenvalue weighted by Gasteiger charge is 2.10. The van der Waals surface area contributed by atoms with Gasteiger partial charge in [-0.05, 0) is 72.3 Å². The highest BCUT2D eigenvalue weighted by molar-refractivity contribution is 14.1. The van der Waals surface area contributed by atoms with E-state index in [1.807, 2.05) is 25.1 Å². The lowest BCUT2D eigenvalue weighted by molar-refractivity contribution is -0.118. The van der Waals surface area contributed by atoms with Gasteiger partial charge in [0.1, 0.15) is 5.75 Å². The Morgan fingerprint density at radius 1 is 1.18 bits per heavy atom. The van der Waals surface area contributed by atoms with Crippen LogP contribution in [0.3, 0.4) is 0 Å². The summed E-state index contributed by atoms with van der Waals surface area (Å²) in [5.41, 5.74) is 2.22. The summed E-state index contributed by atoms with van der Waals surface area (Å²) >= 11 is 2.22. The van der Waals surface area contributed by atoms with Crippen LogP contribution in [-0.4, -0.2) is 18.3 Å². The normalized spacial score (nSPS) is 10.1. The van der Waals surface area contributed by atoms with Crippen molar-refractivity contribution in [2.45, 2.75) is 13.8 Å². The van der Waals surface area contributed by atoms with E-state index in [2.05, 4.69) is 27.9 Å². The van der Waals surface area contributed by atoms with E-state index in [4.69, 9.17) is 4.74 Å². The number of amides is 1. The van der Waals surface area contributed by atoms with Crippen molar-refractivity contribution >= 4 is 40.0 Å². The third kappa shape index (κ3) is 4.30. The number of carbonyl (C=O) groups is 2. The van der Waals surface area contributed by atoms with Gasteiger partial charge in [0, 0.05) is 9.26 Å². The second-order valence-corrected chi connectivity index (χ2v) is 6.09. The van der Waals surface area contributed by atoms with Gasteiger partial charge in [0.25, 0.3) is 5.91 Å². The van der Waals surface area contributed by atoms with Crippen molar-refractivity contribution in [3.8, 4) is 5.75 Å². The van der Waals surface area contributed by atoms with E-state index in [1.54, 1.807) is 24.3 Å². The largest absolute Gasteiger partial charge is 0.483 e. The maximum Gasteiger partial charge on any atom is 0.262 e. The molecule has 114 valence electrons. The number of benzene rings is 2. The number of carbonyl (C=O) groups excluding carboxylic acids is 2. The number of Topliss-reactive ketones (excluding diaryl/α,β-unsaturated/α-hetero) is 1. The van der Waals surface area contributed by atoms with E-state index in [9.17, 15) is 9.59 Å². The van der Waals surface area contributed by atoms with E-state index >= 15 is 0 Å². The first-order chi connectivity index (χ1) is 10.5. The molecule has 0 heterocycles. The minimum atomic E-state index is -0.261. The summed E-state index contributed by atoms with van der Waals surface area (Å²) in [6.07, 6.45) is 0. The van der Waals surface area contributed by atoms with E-state index in [0.29, 0.717) is 11.3 Å². The maximum atomic E-state index is 12.0. The summed E-state index contributed by atoms with van der Waals surface area (Å²) < 4.78 is 6.57. The van der Waals surface area contributed by atoms with Gasteiger partial charge in [0.2, 0.25) is 0 Å². The van der Waals surface area contributed by atoms with Crippen LogP contribution in [-0.2, 0) is 4.79 Å². The minimum Gasteiger partial charge on any atom is -0.483 e. The molecule has 1 N–H and O–H groups in total. The summed E-state index contributed by atoms with van der Waals surface area (Å²) in [6, 6.07) is 12.7. The fourth-order valence-electron chi connectivity index (χ4n) is 1.98. The number of nitrogens with one attached hydrogen (secondary N) is 1. The molecule has 0 aromatic heterocycles. The fourth-order valence-corrected chi connectivity index (χ4v) is 2.63. The van der Waals surface area contributed by atoms with Crippen LogP contribution in [0.4, 0.5) is 5.69 Å². The van der Waals surface area contributed by atoms with Crippen molar-refractivity contribution in [2.75, 3.05) is 11.9 Å².